The van der Waals surface area contributed by atoms with Gasteiger partial charge in [0.05, 0.1) is 12.8 Å². The second-order valence-electron chi connectivity index (χ2n) is 6.96. The summed E-state index contributed by atoms with van der Waals surface area (Å²) in [4.78, 5) is 32.0. The summed E-state index contributed by atoms with van der Waals surface area (Å²) in [6.07, 6.45) is 5.60. The second-order valence-corrected chi connectivity index (χ2v) is 8.57. The molecule has 2 fully saturated rings. The van der Waals surface area contributed by atoms with E-state index in [0.717, 1.165) is 30.9 Å². The van der Waals surface area contributed by atoms with E-state index in [0.29, 0.717) is 23.0 Å². The van der Waals surface area contributed by atoms with Gasteiger partial charge in [0.2, 0.25) is 11.8 Å². The average Bonchev–Trinajstić information content (AvgIpc) is 2.98. The number of halogens is 1. The molecule has 0 aromatic heterocycles. The monoisotopic (exact) mass is 423 g/mol. The molecule has 28 heavy (non-hydrogen) atoms. The summed E-state index contributed by atoms with van der Waals surface area (Å²) in [7, 11) is 1.53. The van der Waals surface area contributed by atoms with E-state index in [1.807, 2.05) is 11.8 Å². The van der Waals surface area contributed by atoms with Gasteiger partial charge in [0.1, 0.15) is 11.0 Å². The molecule has 2 aliphatic rings. The molecule has 0 bridgehead atoms. The van der Waals surface area contributed by atoms with Crippen LogP contribution in [0.15, 0.2) is 23.2 Å². The number of hydrogen-bond acceptors (Lipinski definition) is 5. The fraction of sp³-hybridized carbons (Fsp3) is 0.550. The van der Waals surface area contributed by atoms with Crippen molar-refractivity contribution in [2.24, 2.45) is 4.99 Å². The lowest BCUT2D eigenvalue weighted by Gasteiger charge is -2.30. The first-order valence-electron chi connectivity index (χ1n) is 9.71. The molecule has 1 saturated heterocycles. The van der Waals surface area contributed by atoms with E-state index < -0.39 is 5.25 Å². The van der Waals surface area contributed by atoms with Gasteiger partial charge < -0.3 is 10.1 Å². The molecule has 152 valence electrons. The first-order chi connectivity index (χ1) is 13.5. The highest BCUT2D eigenvalue weighted by Crippen LogP contribution is 2.36. The Bertz CT molecular complexity index is 765. The lowest BCUT2D eigenvalue weighted by Crippen LogP contribution is -2.42. The highest BCUT2D eigenvalue weighted by molar-refractivity contribution is 8.15. The van der Waals surface area contributed by atoms with Crippen LogP contribution in [0.1, 0.15) is 45.4 Å². The number of ether oxygens (including phenoxy) is 1. The first kappa shape index (κ1) is 21.0. The fourth-order valence-corrected chi connectivity index (χ4v) is 5.12. The van der Waals surface area contributed by atoms with Gasteiger partial charge in [-0.1, -0.05) is 42.6 Å². The van der Waals surface area contributed by atoms with E-state index in [9.17, 15) is 9.59 Å². The van der Waals surface area contributed by atoms with Crippen molar-refractivity contribution in [3.63, 3.8) is 0 Å². The SMILES string of the molecule is CCN=C1S[C@@H](CC(=O)Nc2cc(Cl)ccc2OC)C(=O)N1C1CCCCC1. The summed E-state index contributed by atoms with van der Waals surface area (Å²) in [5.74, 6) is 0.283. The summed E-state index contributed by atoms with van der Waals surface area (Å²) in [5, 5.41) is 3.64. The van der Waals surface area contributed by atoms with Gasteiger partial charge in [0.25, 0.3) is 0 Å². The van der Waals surface area contributed by atoms with Gasteiger partial charge in [0, 0.05) is 24.0 Å². The summed E-state index contributed by atoms with van der Waals surface area (Å²) < 4.78 is 5.26. The Kier molecular flexibility index (Phi) is 7.24. The second kappa shape index (κ2) is 9.65. The van der Waals surface area contributed by atoms with Crippen molar-refractivity contribution in [1.82, 2.24) is 4.90 Å². The molecule has 3 rings (SSSR count). The molecular weight excluding hydrogens is 398 g/mol. The van der Waals surface area contributed by atoms with Crippen LogP contribution in [0, 0.1) is 0 Å². The van der Waals surface area contributed by atoms with Crippen LogP contribution in [-0.2, 0) is 9.59 Å². The number of nitrogens with one attached hydrogen (secondary N) is 1. The number of carbonyl (C=O) groups excluding carboxylic acids is 2. The van der Waals surface area contributed by atoms with Crippen LogP contribution in [0.25, 0.3) is 0 Å². The van der Waals surface area contributed by atoms with Crippen LogP contribution in [0.5, 0.6) is 5.75 Å². The molecule has 0 spiro atoms. The van der Waals surface area contributed by atoms with Crippen molar-refractivity contribution in [3.8, 4) is 5.75 Å². The third-order valence-electron chi connectivity index (χ3n) is 5.01. The Morgan fingerprint density at radius 2 is 2.11 bits per heavy atom. The maximum absolute atomic E-state index is 13.1. The standard InChI is InChI=1S/C20H26ClN3O3S/c1-3-22-20-24(14-7-5-4-6-8-14)19(26)17(28-20)12-18(25)23-15-11-13(21)9-10-16(15)27-2/h9-11,14,17H,3-8,12H2,1-2H3,(H,23,25)/t17-/m0/s1. The van der Waals surface area contributed by atoms with Gasteiger partial charge in [0.15, 0.2) is 5.17 Å². The number of aliphatic imine (C=N–C) groups is 1. The quantitative estimate of drug-likeness (QED) is 0.739. The summed E-state index contributed by atoms with van der Waals surface area (Å²) in [6, 6.07) is 5.24. The Labute approximate surface area is 175 Å². The lowest BCUT2D eigenvalue weighted by molar-refractivity contribution is -0.130. The third kappa shape index (κ3) is 4.81. The van der Waals surface area contributed by atoms with Gasteiger partial charge in [-0.2, -0.15) is 0 Å². The minimum Gasteiger partial charge on any atom is -0.495 e. The van der Waals surface area contributed by atoms with Crippen molar-refractivity contribution >= 4 is 46.0 Å². The molecule has 0 unspecified atom stereocenters. The predicted molar refractivity (Wildman–Crippen MR) is 114 cm³/mol. The number of rotatable bonds is 6. The van der Waals surface area contributed by atoms with Crippen LogP contribution in [0.3, 0.4) is 0 Å². The van der Waals surface area contributed by atoms with E-state index in [1.165, 1.54) is 25.3 Å². The lowest BCUT2D eigenvalue weighted by atomic mass is 9.94. The molecule has 6 nitrogen and oxygen atoms in total. The molecule has 1 aliphatic carbocycles. The van der Waals surface area contributed by atoms with E-state index in [2.05, 4.69) is 10.3 Å². The number of hydrogen-bond donors (Lipinski definition) is 1. The zero-order valence-electron chi connectivity index (χ0n) is 16.2. The van der Waals surface area contributed by atoms with Crippen molar-refractivity contribution < 1.29 is 14.3 Å². The van der Waals surface area contributed by atoms with Gasteiger partial charge in [-0.25, -0.2) is 0 Å². The highest BCUT2D eigenvalue weighted by atomic mass is 35.5. The zero-order chi connectivity index (χ0) is 20.1. The molecule has 1 N–H and O–H groups in total. The Balaban J connectivity index is 1.70. The van der Waals surface area contributed by atoms with Crippen molar-refractivity contribution in [3.05, 3.63) is 23.2 Å². The van der Waals surface area contributed by atoms with Gasteiger partial charge in [-0.15, -0.1) is 0 Å². The van der Waals surface area contributed by atoms with Crippen LogP contribution in [-0.4, -0.2) is 46.8 Å². The number of methoxy groups -OCH3 is 1. The third-order valence-corrected chi connectivity index (χ3v) is 6.43. The van der Waals surface area contributed by atoms with E-state index in [4.69, 9.17) is 16.3 Å². The number of amidine groups is 1. The molecule has 1 aliphatic heterocycles. The smallest absolute Gasteiger partial charge is 0.242 e. The molecule has 1 atom stereocenters. The number of benzene rings is 1. The number of nitrogens with zero attached hydrogens (tertiary/aromatic N) is 2. The Morgan fingerprint density at radius 1 is 1.36 bits per heavy atom. The molecule has 2 amide bonds. The van der Waals surface area contributed by atoms with E-state index in [1.54, 1.807) is 18.2 Å². The van der Waals surface area contributed by atoms with Crippen LogP contribution >= 0.6 is 23.4 Å². The topological polar surface area (TPSA) is 71.0 Å². The van der Waals surface area contributed by atoms with Gasteiger partial charge in [-0.05, 0) is 38.0 Å². The molecular formula is C20H26ClN3O3S. The van der Waals surface area contributed by atoms with Crippen LogP contribution in [0.2, 0.25) is 5.02 Å². The Hall–Kier alpha value is -1.73. The van der Waals surface area contributed by atoms with Crippen LogP contribution < -0.4 is 10.1 Å². The van der Waals surface area contributed by atoms with Crippen molar-refractivity contribution in [2.75, 3.05) is 19.0 Å². The van der Waals surface area contributed by atoms with Gasteiger partial charge >= 0.3 is 0 Å². The number of amides is 2. The maximum atomic E-state index is 13.1. The average molecular weight is 424 g/mol. The normalized spacial score (nSPS) is 22.0. The molecule has 1 aromatic carbocycles. The largest absolute Gasteiger partial charge is 0.495 e. The fourth-order valence-electron chi connectivity index (χ4n) is 3.68. The summed E-state index contributed by atoms with van der Waals surface area (Å²) in [6.45, 7) is 2.58. The molecule has 8 heteroatoms. The summed E-state index contributed by atoms with van der Waals surface area (Å²) >= 11 is 7.43. The minimum absolute atomic E-state index is 0.00249. The number of carbonyl (C=O) groups is 2. The molecule has 1 heterocycles. The van der Waals surface area contributed by atoms with Crippen LogP contribution in [0.4, 0.5) is 5.69 Å². The predicted octanol–water partition coefficient (Wildman–Crippen LogP) is 4.33. The number of thioether (sulfide) groups is 1. The van der Waals surface area contributed by atoms with Crippen molar-refractivity contribution in [2.45, 2.75) is 56.7 Å². The Morgan fingerprint density at radius 3 is 2.79 bits per heavy atom. The summed E-state index contributed by atoms with van der Waals surface area (Å²) in [5.41, 5.74) is 0.502. The molecule has 1 saturated carbocycles. The first-order valence-corrected chi connectivity index (χ1v) is 11.0. The van der Waals surface area contributed by atoms with Crippen molar-refractivity contribution in [1.29, 1.82) is 0 Å². The van der Waals surface area contributed by atoms with Gasteiger partial charge in [-0.3, -0.25) is 19.5 Å². The molecule has 0 radical (unpaired) electrons. The zero-order valence-corrected chi connectivity index (χ0v) is 17.8. The molecule has 1 aromatic rings. The minimum atomic E-state index is -0.447. The van der Waals surface area contributed by atoms with E-state index in [-0.39, 0.29) is 24.3 Å². The number of anilines is 1. The van der Waals surface area contributed by atoms with E-state index >= 15 is 0 Å². The highest BCUT2D eigenvalue weighted by Gasteiger charge is 2.42. The maximum Gasteiger partial charge on any atom is 0.242 e.